The van der Waals surface area contributed by atoms with Gasteiger partial charge in [0.2, 0.25) is 0 Å². The van der Waals surface area contributed by atoms with E-state index in [9.17, 15) is 14.9 Å². The van der Waals surface area contributed by atoms with Crippen molar-refractivity contribution in [3.8, 4) is 0 Å². The summed E-state index contributed by atoms with van der Waals surface area (Å²) in [6.45, 7) is 1.86. The van der Waals surface area contributed by atoms with Crippen molar-refractivity contribution in [3.63, 3.8) is 0 Å². The number of hydrogen-bond donors (Lipinski definition) is 1. The molecule has 0 aliphatic heterocycles. The fourth-order valence-corrected chi connectivity index (χ4v) is 2.80. The van der Waals surface area contributed by atoms with Crippen LogP contribution in [0.4, 0.5) is 5.69 Å². The maximum absolute atomic E-state index is 12.1. The van der Waals surface area contributed by atoms with E-state index in [0.717, 1.165) is 17.1 Å². The van der Waals surface area contributed by atoms with Gasteiger partial charge in [0.1, 0.15) is 11.3 Å². The molecule has 1 N–H and O–H groups in total. The molecule has 8 heteroatoms. The zero-order valence-corrected chi connectivity index (χ0v) is 12.6. The van der Waals surface area contributed by atoms with Gasteiger partial charge in [0.05, 0.1) is 10.5 Å². The number of amides is 1. The predicted molar refractivity (Wildman–Crippen MR) is 80.9 cm³/mol. The van der Waals surface area contributed by atoms with E-state index in [1.165, 1.54) is 0 Å². The van der Waals surface area contributed by atoms with Crippen molar-refractivity contribution in [1.82, 2.24) is 10.3 Å². The van der Waals surface area contributed by atoms with Crippen LogP contribution in [0.1, 0.15) is 22.2 Å². The Morgan fingerprint density at radius 2 is 2.38 bits per heavy atom. The zero-order valence-electron chi connectivity index (χ0n) is 11.1. The van der Waals surface area contributed by atoms with E-state index in [1.54, 1.807) is 11.3 Å². The molecule has 0 saturated heterocycles. The number of rotatable bonds is 5. The minimum Gasteiger partial charge on any atom is -0.349 e. The lowest BCUT2D eigenvalue weighted by molar-refractivity contribution is -0.385. The molecule has 1 unspecified atom stereocenters. The molecule has 0 aliphatic rings. The average Bonchev–Trinajstić information content (AvgIpc) is 2.91. The molecule has 21 heavy (non-hydrogen) atoms. The van der Waals surface area contributed by atoms with Crippen molar-refractivity contribution < 1.29 is 9.72 Å². The van der Waals surface area contributed by atoms with Crippen LogP contribution in [0.5, 0.6) is 0 Å². The molecule has 0 bridgehead atoms. The Bertz CT molecular complexity index is 661. The summed E-state index contributed by atoms with van der Waals surface area (Å²) >= 11 is 7.43. The summed E-state index contributed by atoms with van der Waals surface area (Å²) in [7, 11) is 0. The summed E-state index contributed by atoms with van der Waals surface area (Å²) in [4.78, 5) is 27.0. The summed E-state index contributed by atoms with van der Waals surface area (Å²) in [5, 5.41) is 15.4. The van der Waals surface area contributed by atoms with Gasteiger partial charge in [-0.1, -0.05) is 17.7 Å². The number of pyridine rings is 1. The summed E-state index contributed by atoms with van der Waals surface area (Å²) in [6.07, 6.45) is 1.71. The molecule has 110 valence electrons. The molecule has 0 fully saturated rings. The summed E-state index contributed by atoms with van der Waals surface area (Å²) < 4.78 is 0. The highest BCUT2D eigenvalue weighted by atomic mass is 35.5. The molecule has 6 nitrogen and oxygen atoms in total. The van der Waals surface area contributed by atoms with Gasteiger partial charge in [0.15, 0.2) is 0 Å². The van der Waals surface area contributed by atoms with Crippen LogP contribution in [0.3, 0.4) is 0 Å². The molecule has 0 spiro atoms. The normalized spacial score (nSPS) is 11.9. The topological polar surface area (TPSA) is 85.1 Å². The first-order chi connectivity index (χ1) is 9.97. The maximum atomic E-state index is 12.1. The molecule has 1 atom stereocenters. The Balaban J connectivity index is 2.09. The Morgan fingerprint density at radius 1 is 1.62 bits per heavy atom. The number of carbonyl (C=O) groups excluding carboxylic acids is 1. The smallest absolute Gasteiger partial charge is 0.288 e. The Hall–Kier alpha value is -1.99. The number of nitrogens with zero attached hydrogens (tertiary/aromatic N) is 2. The van der Waals surface area contributed by atoms with Crippen LogP contribution in [-0.2, 0) is 6.42 Å². The van der Waals surface area contributed by atoms with Gasteiger partial charge in [-0.15, -0.1) is 11.3 Å². The number of thiophene rings is 1. The van der Waals surface area contributed by atoms with E-state index in [2.05, 4.69) is 10.3 Å². The summed E-state index contributed by atoms with van der Waals surface area (Å²) in [5.41, 5.74) is -0.264. The number of hydrogen-bond acceptors (Lipinski definition) is 5. The second-order valence-corrected chi connectivity index (χ2v) is 5.84. The zero-order chi connectivity index (χ0) is 15.4. The highest BCUT2D eigenvalue weighted by Gasteiger charge is 2.18. The summed E-state index contributed by atoms with van der Waals surface area (Å²) in [6, 6.07) is 4.93. The van der Waals surface area contributed by atoms with Crippen LogP contribution in [0.2, 0.25) is 5.15 Å². The third-order valence-corrected chi connectivity index (χ3v) is 3.94. The van der Waals surface area contributed by atoms with Crippen molar-refractivity contribution in [2.24, 2.45) is 0 Å². The Morgan fingerprint density at radius 3 is 3.00 bits per heavy atom. The van der Waals surface area contributed by atoms with Crippen LogP contribution >= 0.6 is 22.9 Å². The van der Waals surface area contributed by atoms with Crippen molar-refractivity contribution in [1.29, 1.82) is 0 Å². The molecule has 0 radical (unpaired) electrons. The van der Waals surface area contributed by atoms with Gasteiger partial charge < -0.3 is 5.32 Å². The van der Waals surface area contributed by atoms with Crippen molar-refractivity contribution >= 4 is 34.5 Å². The third-order valence-electron chi connectivity index (χ3n) is 2.75. The molecular weight excluding hydrogens is 314 g/mol. The largest absolute Gasteiger partial charge is 0.349 e. The molecule has 2 rings (SSSR count). The molecule has 2 heterocycles. The minimum absolute atomic E-state index is 0.00361. The molecule has 1 amide bonds. The van der Waals surface area contributed by atoms with E-state index in [4.69, 9.17) is 11.6 Å². The van der Waals surface area contributed by atoms with Crippen LogP contribution in [0.25, 0.3) is 0 Å². The highest BCUT2D eigenvalue weighted by Crippen LogP contribution is 2.19. The Labute approximate surface area is 129 Å². The fraction of sp³-hybridized carbons (Fsp3) is 0.231. The molecule has 0 aromatic carbocycles. The lowest BCUT2D eigenvalue weighted by atomic mass is 10.2. The summed E-state index contributed by atoms with van der Waals surface area (Å²) in [5.74, 6) is -0.472. The highest BCUT2D eigenvalue weighted by molar-refractivity contribution is 7.09. The fourth-order valence-electron chi connectivity index (χ4n) is 1.78. The van der Waals surface area contributed by atoms with Gasteiger partial charge in [-0.2, -0.15) is 0 Å². The number of halogens is 1. The predicted octanol–water partition coefficient (Wildman–Crippen LogP) is 3.07. The molecule has 2 aromatic rings. The molecular formula is C13H12ClN3O3S. The van der Waals surface area contributed by atoms with E-state index in [0.29, 0.717) is 6.42 Å². The van der Waals surface area contributed by atoms with Gasteiger partial charge in [0, 0.05) is 23.4 Å². The number of carbonyl (C=O) groups is 1. The standard InChI is InChI=1S/C13H12ClN3O3S/c1-8(5-10-3-2-4-21-10)16-13(18)11-6-9(17(19)20)7-15-12(11)14/h2-4,6-8H,5H2,1H3,(H,16,18). The maximum Gasteiger partial charge on any atom is 0.288 e. The minimum atomic E-state index is -0.616. The number of nitrogens with one attached hydrogen (secondary N) is 1. The monoisotopic (exact) mass is 325 g/mol. The van der Waals surface area contributed by atoms with Crippen molar-refractivity contribution in [3.05, 3.63) is 55.5 Å². The lowest BCUT2D eigenvalue weighted by Crippen LogP contribution is -2.34. The first-order valence-electron chi connectivity index (χ1n) is 6.10. The lowest BCUT2D eigenvalue weighted by Gasteiger charge is -2.13. The van der Waals surface area contributed by atoms with E-state index in [-0.39, 0.29) is 22.4 Å². The first kappa shape index (κ1) is 15.4. The van der Waals surface area contributed by atoms with Gasteiger partial charge >= 0.3 is 0 Å². The second-order valence-electron chi connectivity index (χ2n) is 4.45. The first-order valence-corrected chi connectivity index (χ1v) is 7.36. The van der Waals surface area contributed by atoms with E-state index >= 15 is 0 Å². The third kappa shape index (κ3) is 3.99. The van der Waals surface area contributed by atoms with Gasteiger partial charge in [-0.05, 0) is 18.4 Å². The van der Waals surface area contributed by atoms with Crippen LogP contribution < -0.4 is 5.32 Å². The number of nitro groups is 1. The van der Waals surface area contributed by atoms with E-state index < -0.39 is 10.8 Å². The van der Waals surface area contributed by atoms with Crippen LogP contribution in [0, 0.1) is 10.1 Å². The van der Waals surface area contributed by atoms with Crippen LogP contribution in [0.15, 0.2) is 29.8 Å². The average molecular weight is 326 g/mol. The van der Waals surface area contributed by atoms with Crippen LogP contribution in [-0.4, -0.2) is 21.9 Å². The van der Waals surface area contributed by atoms with Gasteiger partial charge in [0.25, 0.3) is 11.6 Å². The quantitative estimate of drug-likeness (QED) is 0.520. The van der Waals surface area contributed by atoms with E-state index in [1.807, 2.05) is 24.4 Å². The second kappa shape index (κ2) is 6.64. The molecule has 0 saturated carbocycles. The number of aromatic nitrogens is 1. The van der Waals surface area contributed by atoms with Crippen molar-refractivity contribution in [2.45, 2.75) is 19.4 Å². The molecule has 0 aliphatic carbocycles. The van der Waals surface area contributed by atoms with Crippen molar-refractivity contribution in [2.75, 3.05) is 0 Å². The Kier molecular flexibility index (Phi) is 4.87. The van der Waals surface area contributed by atoms with Gasteiger partial charge in [-0.3, -0.25) is 14.9 Å². The SMILES string of the molecule is CC(Cc1cccs1)NC(=O)c1cc([N+](=O)[O-])cnc1Cl. The molecule has 2 aromatic heterocycles. The van der Waals surface area contributed by atoms with Gasteiger partial charge in [-0.25, -0.2) is 4.98 Å².